The minimum atomic E-state index is -0.635. The van der Waals surface area contributed by atoms with Gasteiger partial charge in [-0.05, 0) is 11.6 Å². The first kappa shape index (κ1) is 16.0. The first-order chi connectivity index (χ1) is 11.6. The molecule has 0 unspecified atom stereocenters. The van der Waals surface area contributed by atoms with Gasteiger partial charge in [0.05, 0.1) is 42.2 Å². The van der Waals surface area contributed by atoms with Crippen molar-refractivity contribution < 1.29 is 15.0 Å². The van der Waals surface area contributed by atoms with E-state index in [4.69, 9.17) is 5.73 Å². The van der Waals surface area contributed by atoms with E-state index in [-0.39, 0.29) is 18.8 Å². The maximum Gasteiger partial charge on any atom is 0.252 e. The Balaban J connectivity index is 2.15. The quantitative estimate of drug-likeness (QED) is 0.537. The van der Waals surface area contributed by atoms with Crippen LogP contribution in [0.1, 0.15) is 10.4 Å². The third-order valence-corrected chi connectivity index (χ3v) is 3.80. The van der Waals surface area contributed by atoms with Crippen molar-refractivity contribution in [1.82, 2.24) is 9.61 Å². The fourth-order valence-electron chi connectivity index (χ4n) is 2.54. The fourth-order valence-corrected chi connectivity index (χ4v) is 2.54. The van der Waals surface area contributed by atoms with Crippen LogP contribution in [-0.4, -0.2) is 45.0 Å². The second-order valence-electron chi connectivity index (χ2n) is 5.43. The molecule has 0 aliphatic heterocycles. The van der Waals surface area contributed by atoms with Crippen LogP contribution in [-0.2, 0) is 0 Å². The van der Waals surface area contributed by atoms with Gasteiger partial charge in [0.25, 0.3) is 5.91 Å². The van der Waals surface area contributed by atoms with Gasteiger partial charge in [-0.1, -0.05) is 30.3 Å². The molecule has 0 saturated carbocycles. The Hall–Kier alpha value is -2.90. The summed E-state index contributed by atoms with van der Waals surface area (Å²) in [6.45, 7) is -0.565. The standard InChI is InChI=1S/C17H18N4O3/c18-17(24)14-7-19-21-8-12(11-4-2-1-3-5-11)6-15(21)16(14)20-13(9-22)10-23/h1-8,13,20,22-23H,9-10H2,(H2,18,24). The molecular weight excluding hydrogens is 308 g/mol. The average molecular weight is 326 g/mol. The number of primary amides is 1. The van der Waals surface area contributed by atoms with E-state index < -0.39 is 11.9 Å². The van der Waals surface area contributed by atoms with Gasteiger partial charge >= 0.3 is 0 Å². The number of carbonyl (C=O) groups excluding carboxylic acids is 1. The Morgan fingerprint density at radius 2 is 1.92 bits per heavy atom. The van der Waals surface area contributed by atoms with E-state index >= 15 is 0 Å². The summed E-state index contributed by atoms with van der Waals surface area (Å²) < 4.78 is 1.63. The number of benzene rings is 1. The number of hydrogen-bond donors (Lipinski definition) is 4. The molecule has 0 aliphatic carbocycles. The summed E-state index contributed by atoms with van der Waals surface area (Å²) in [7, 11) is 0. The van der Waals surface area contributed by atoms with E-state index in [1.54, 1.807) is 4.52 Å². The van der Waals surface area contributed by atoms with Crippen molar-refractivity contribution in [3.8, 4) is 11.1 Å². The lowest BCUT2D eigenvalue weighted by Gasteiger charge is -2.17. The van der Waals surface area contributed by atoms with E-state index in [1.807, 2.05) is 42.6 Å². The van der Waals surface area contributed by atoms with Crippen LogP contribution in [0.5, 0.6) is 0 Å². The van der Waals surface area contributed by atoms with Crippen LogP contribution in [0, 0.1) is 0 Å². The number of rotatable bonds is 6. The van der Waals surface area contributed by atoms with Gasteiger partial charge in [0, 0.05) is 11.8 Å². The Labute approximate surface area is 138 Å². The zero-order valence-corrected chi connectivity index (χ0v) is 12.9. The van der Waals surface area contributed by atoms with Crippen LogP contribution in [0.3, 0.4) is 0 Å². The SMILES string of the molecule is NC(=O)c1cnn2cc(-c3ccccc3)cc2c1NC(CO)CO. The third-order valence-electron chi connectivity index (χ3n) is 3.80. The first-order valence-electron chi connectivity index (χ1n) is 7.49. The number of hydrogen-bond acceptors (Lipinski definition) is 5. The van der Waals surface area contributed by atoms with Crippen LogP contribution in [0.4, 0.5) is 5.69 Å². The predicted molar refractivity (Wildman–Crippen MR) is 90.7 cm³/mol. The highest BCUT2D eigenvalue weighted by atomic mass is 16.3. The minimum Gasteiger partial charge on any atom is -0.394 e. The van der Waals surface area contributed by atoms with Crippen molar-refractivity contribution in [3.63, 3.8) is 0 Å². The maximum atomic E-state index is 11.7. The van der Waals surface area contributed by atoms with Crippen molar-refractivity contribution in [2.45, 2.75) is 6.04 Å². The molecule has 0 fully saturated rings. The molecule has 0 aliphatic rings. The van der Waals surface area contributed by atoms with E-state index in [2.05, 4.69) is 10.4 Å². The molecule has 0 radical (unpaired) electrons. The summed E-state index contributed by atoms with van der Waals surface area (Å²) in [5.74, 6) is -0.635. The number of aliphatic hydroxyl groups excluding tert-OH is 2. The number of aromatic nitrogens is 2. The molecule has 1 aromatic carbocycles. The monoisotopic (exact) mass is 326 g/mol. The molecule has 5 N–H and O–H groups in total. The van der Waals surface area contributed by atoms with Gasteiger partial charge in [-0.15, -0.1) is 0 Å². The summed E-state index contributed by atoms with van der Waals surface area (Å²) in [5, 5.41) is 25.8. The molecule has 0 bridgehead atoms. The number of amides is 1. The Bertz CT molecular complexity index is 857. The van der Waals surface area contributed by atoms with E-state index in [1.165, 1.54) is 6.20 Å². The second kappa shape index (κ2) is 6.69. The van der Waals surface area contributed by atoms with Crippen molar-refractivity contribution >= 4 is 17.1 Å². The zero-order chi connectivity index (χ0) is 17.1. The zero-order valence-electron chi connectivity index (χ0n) is 12.9. The number of nitrogens with two attached hydrogens (primary N) is 1. The van der Waals surface area contributed by atoms with Gasteiger partial charge < -0.3 is 21.3 Å². The van der Waals surface area contributed by atoms with Crippen molar-refractivity contribution in [3.05, 3.63) is 54.4 Å². The average Bonchev–Trinajstić information content (AvgIpc) is 3.04. The molecule has 3 aromatic rings. The number of nitrogens with zero attached hydrogens (tertiary/aromatic N) is 2. The lowest BCUT2D eigenvalue weighted by Crippen LogP contribution is -2.29. The molecule has 7 nitrogen and oxygen atoms in total. The Morgan fingerprint density at radius 1 is 1.21 bits per heavy atom. The maximum absolute atomic E-state index is 11.7. The molecule has 0 spiro atoms. The first-order valence-corrected chi connectivity index (χ1v) is 7.49. The van der Waals surface area contributed by atoms with Gasteiger partial charge in [-0.2, -0.15) is 5.10 Å². The number of aliphatic hydroxyl groups is 2. The lowest BCUT2D eigenvalue weighted by atomic mass is 10.1. The van der Waals surface area contributed by atoms with E-state index in [0.717, 1.165) is 11.1 Å². The highest BCUT2D eigenvalue weighted by Gasteiger charge is 2.18. The van der Waals surface area contributed by atoms with Crippen LogP contribution < -0.4 is 11.1 Å². The van der Waals surface area contributed by atoms with E-state index in [0.29, 0.717) is 11.2 Å². The van der Waals surface area contributed by atoms with Crippen LogP contribution in [0.2, 0.25) is 0 Å². The lowest BCUT2D eigenvalue weighted by molar-refractivity contribution is 0.1000. The number of carbonyl (C=O) groups is 1. The van der Waals surface area contributed by atoms with E-state index in [9.17, 15) is 15.0 Å². The van der Waals surface area contributed by atoms with Gasteiger partial charge in [0.15, 0.2) is 0 Å². The third kappa shape index (κ3) is 2.94. The molecule has 2 heterocycles. The van der Waals surface area contributed by atoms with Crippen LogP contribution in [0.25, 0.3) is 16.6 Å². The number of anilines is 1. The molecule has 2 aromatic heterocycles. The largest absolute Gasteiger partial charge is 0.394 e. The van der Waals surface area contributed by atoms with Gasteiger partial charge in [-0.3, -0.25) is 4.79 Å². The van der Waals surface area contributed by atoms with Crippen LogP contribution in [0.15, 0.2) is 48.8 Å². The molecule has 3 rings (SSSR count). The summed E-state index contributed by atoms with van der Waals surface area (Å²) in [4.78, 5) is 11.7. The summed E-state index contributed by atoms with van der Waals surface area (Å²) in [6.07, 6.45) is 3.21. The molecule has 7 heteroatoms. The Kier molecular flexibility index (Phi) is 4.45. The molecule has 0 atom stereocenters. The summed E-state index contributed by atoms with van der Waals surface area (Å²) in [6, 6.07) is 11.0. The molecule has 24 heavy (non-hydrogen) atoms. The predicted octanol–water partition coefficient (Wildman–Crippen LogP) is 0.865. The second-order valence-corrected chi connectivity index (χ2v) is 5.43. The summed E-state index contributed by atoms with van der Waals surface area (Å²) in [5.41, 5.74) is 8.64. The summed E-state index contributed by atoms with van der Waals surface area (Å²) >= 11 is 0. The van der Waals surface area contributed by atoms with Crippen molar-refractivity contribution in [2.75, 3.05) is 18.5 Å². The molecule has 124 valence electrons. The smallest absolute Gasteiger partial charge is 0.252 e. The van der Waals surface area contributed by atoms with Crippen LogP contribution >= 0.6 is 0 Å². The molecule has 0 saturated heterocycles. The van der Waals surface area contributed by atoms with Gasteiger partial charge in [0.1, 0.15) is 0 Å². The minimum absolute atomic E-state index is 0.201. The fraction of sp³-hybridized carbons (Fsp3) is 0.176. The highest BCUT2D eigenvalue weighted by Crippen LogP contribution is 2.28. The van der Waals surface area contributed by atoms with Gasteiger partial charge in [-0.25, -0.2) is 4.52 Å². The normalized spacial score (nSPS) is 11.1. The number of fused-ring (bicyclic) bond motifs is 1. The topological polar surface area (TPSA) is 113 Å². The molecule has 1 amide bonds. The Morgan fingerprint density at radius 3 is 2.54 bits per heavy atom. The highest BCUT2D eigenvalue weighted by molar-refractivity contribution is 6.02. The van der Waals surface area contributed by atoms with Gasteiger partial charge in [0.2, 0.25) is 0 Å². The molecular formula is C17H18N4O3. The van der Waals surface area contributed by atoms with Crippen molar-refractivity contribution in [2.24, 2.45) is 5.73 Å². The number of nitrogens with one attached hydrogen (secondary N) is 1. The van der Waals surface area contributed by atoms with Crippen molar-refractivity contribution in [1.29, 1.82) is 0 Å².